The number of allylic oxidation sites excluding steroid dienone is 2. The first-order valence-electron chi connectivity index (χ1n) is 9.14. The molecule has 0 heterocycles. The molecule has 0 spiro atoms. The molecule has 0 bridgehead atoms. The topological polar surface area (TPSA) is 54.0 Å². The number of methoxy groups -OCH3 is 2. The van der Waals surface area contributed by atoms with Crippen LogP contribution < -0.4 is 9.47 Å². The Bertz CT molecular complexity index is 826. The van der Waals surface area contributed by atoms with E-state index in [-0.39, 0.29) is 0 Å². The van der Waals surface area contributed by atoms with Crippen LogP contribution in [0.5, 0.6) is 11.5 Å². The summed E-state index contributed by atoms with van der Waals surface area (Å²) in [4.78, 5) is 12.2. The molecule has 2 atom stereocenters. The molecule has 5 nitrogen and oxygen atoms in total. The number of hydrogen-bond donors (Lipinski definition) is 0. The first-order chi connectivity index (χ1) is 14.4. The molecular weight excluding hydrogens is 427 g/mol. The number of carbonyl (C=O) groups is 1. The van der Waals surface area contributed by atoms with Gasteiger partial charge >= 0.3 is 6.16 Å². The zero-order valence-corrected chi connectivity index (χ0v) is 18.4. The predicted molar refractivity (Wildman–Crippen MR) is 119 cm³/mol. The van der Waals surface area contributed by atoms with Crippen molar-refractivity contribution in [3.05, 3.63) is 84.0 Å². The Morgan fingerprint density at radius 3 is 1.60 bits per heavy atom. The van der Waals surface area contributed by atoms with Crippen LogP contribution in [0.3, 0.4) is 0 Å². The third kappa shape index (κ3) is 6.18. The van der Waals surface area contributed by atoms with E-state index >= 15 is 0 Å². The van der Waals surface area contributed by atoms with Gasteiger partial charge in [0.2, 0.25) is 11.1 Å². The lowest BCUT2D eigenvalue weighted by molar-refractivity contribution is 0.0352. The van der Waals surface area contributed by atoms with Crippen molar-refractivity contribution in [1.29, 1.82) is 0 Å². The highest BCUT2D eigenvalue weighted by molar-refractivity contribution is 6.21. The van der Waals surface area contributed by atoms with E-state index in [1.165, 1.54) is 14.2 Å². The van der Waals surface area contributed by atoms with E-state index in [4.69, 9.17) is 42.1 Å². The van der Waals surface area contributed by atoms with E-state index in [0.717, 1.165) is 11.1 Å². The van der Waals surface area contributed by atoms with Gasteiger partial charge in [-0.1, -0.05) is 59.6 Å². The molecule has 7 heteroatoms. The molecule has 0 aliphatic carbocycles. The largest absolute Gasteiger partial charge is 0.511 e. The molecule has 2 aromatic rings. The molecule has 160 valence electrons. The Kier molecular flexibility index (Phi) is 9.09. The van der Waals surface area contributed by atoms with E-state index < -0.39 is 17.3 Å². The zero-order valence-electron chi connectivity index (χ0n) is 16.9. The van der Waals surface area contributed by atoms with Crippen LogP contribution in [-0.2, 0) is 22.3 Å². The number of benzene rings is 2. The molecule has 0 N–H and O–H groups in total. The Balaban J connectivity index is 2.08. The van der Waals surface area contributed by atoms with Gasteiger partial charge in [-0.2, -0.15) is 0 Å². The van der Waals surface area contributed by atoms with Crippen LogP contribution in [0.25, 0.3) is 0 Å². The van der Waals surface area contributed by atoms with Crippen molar-refractivity contribution in [1.82, 2.24) is 0 Å². The van der Waals surface area contributed by atoms with Crippen molar-refractivity contribution >= 4 is 29.4 Å². The van der Waals surface area contributed by atoms with Crippen molar-refractivity contribution < 1.29 is 23.7 Å². The quantitative estimate of drug-likeness (QED) is 0.235. The zero-order chi connectivity index (χ0) is 22.1. The maximum Gasteiger partial charge on any atom is 0.511 e. The van der Waals surface area contributed by atoms with Crippen molar-refractivity contribution in [3.8, 4) is 11.5 Å². The van der Waals surface area contributed by atoms with Crippen molar-refractivity contribution in [2.75, 3.05) is 14.2 Å². The van der Waals surface area contributed by atoms with Gasteiger partial charge in [-0.15, -0.1) is 13.2 Å². The molecule has 2 aromatic carbocycles. The minimum Gasteiger partial charge on any atom is -0.496 e. The fraction of sp³-hybridized carbons (Fsp3) is 0.261. The van der Waals surface area contributed by atoms with Crippen LogP contribution in [0.1, 0.15) is 33.4 Å². The number of halogens is 2. The van der Waals surface area contributed by atoms with Crippen molar-refractivity contribution in [2.45, 2.75) is 24.0 Å². The lowest BCUT2D eigenvalue weighted by Gasteiger charge is -2.18. The van der Waals surface area contributed by atoms with Crippen LogP contribution in [0.4, 0.5) is 4.79 Å². The lowest BCUT2D eigenvalue weighted by atomic mass is 10.1. The number of carbonyl (C=O) groups excluding carboxylic acids is 1. The number of ether oxygens (including phenoxy) is 4. The van der Waals surface area contributed by atoms with Gasteiger partial charge in [0.1, 0.15) is 11.5 Å². The monoisotopic (exact) mass is 450 g/mol. The fourth-order valence-corrected chi connectivity index (χ4v) is 3.30. The highest BCUT2D eigenvalue weighted by Gasteiger charge is 2.23. The summed E-state index contributed by atoms with van der Waals surface area (Å²) < 4.78 is 21.0. The second-order valence-corrected chi connectivity index (χ2v) is 7.05. The summed E-state index contributed by atoms with van der Waals surface area (Å²) in [5.74, 6) is 0.980. The highest BCUT2D eigenvalue weighted by Crippen LogP contribution is 2.35. The van der Waals surface area contributed by atoms with E-state index in [2.05, 4.69) is 13.2 Å². The average molecular weight is 451 g/mol. The summed E-state index contributed by atoms with van der Waals surface area (Å²) in [7, 11) is 3.02. The first kappa shape index (κ1) is 23.6. The Hall–Kier alpha value is -2.63. The summed E-state index contributed by atoms with van der Waals surface area (Å²) in [6.45, 7) is 7.42. The fourth-order valence-electron chi connectivity index (χ4n) is 2.80. The molecule has 30 heavy (non-hydrogen) atoms. The average Bonchev–Trinajstić information content (AvgIpc) is 2.73. The Morgan fingerprint density at radius 1 is 0.867 bits per heavy atom. The smallest absolute Gasteiger partial charge is 0.496 e. The molecule has 0 aliphatic heterocycles. The van der Waals surface area contributed by atoms with Gasteiger partial charge in [-0.05, 0) is 36.1 Å². The third-order valence-electron chi connectivity index (χ3n) is 4.24. The maximum atomic E-state index is 12.2. The second-order valence-electron chi connectivity index (χ2n) is 6.26. The van der Waals surface area contributed by atoms with Crippen LogP contribution in [0.2, 0.25) is 0 Å². The number of rotatable bonds is 10. The predicted octanol–water partition coefficient (Wildman–Crippen LogP) is 6.49. The molecule has 0 saturated heterocycles. The molecule has 0 saturated carbocycles. The summed E-state index contributed by atoms with van der Waals surface area (Å²) in [6, 6.07) is 10.8. The Morgan fingerprint density at radius 2 is 1.27 bits per heavy atom. The minimum atomic E-state index is -1.12. The van der Waals surface area contributed by atoms with E-state index in [0.29, 0.717) is 35.5 Å². The van der Waals surface area contributed by atoms with Crippen LogP contribution in [-0.4, -0.2) is 20.4 Å². The second kappa shape index (κ2) is 11.5. The highest BCUT2D eigenvalue weighted by atomic mass is 35.5. The molecule has 2 rings (SSSR count). The number of alkyl halides is 2. The van der Waals surface area contributed by atoms with Gasteiger partial charge in [-0.25, -0.2) is 4.79 Å². The molecule has 2 unspecified atom stereocenters. The van der Waals surface area contributed by atoms with E-state index in [1.54, 1.807) is 36.4 Å². The van der Waals surface area contributed by atoms with Gasteiger partial charge in [0.05, 0.1) is 25.3 Å². The normalized spacial score (nSPS) is 12.4. The van der Waals surface area contributed by atoms with Crippen molar-refractivity contribution in [2.24, 2.45) is 0 Å². The molecular formula is C23H24Cl2O5. The van der Waals surface area contributed by atoms with Crippen LogP contribution in [0, 0.1) is 0 Å². The van der Waals surface area contributed by atoms with Gasteiger partial charge in [-0.3, -0.25) is 0 Å². The number of hydrogen-bond acceptors (Lipinski definition) is 5. The SMILES string of the molecule is C=CCc1ccc(C(Cl)OC(=O)OC(Cl)c2ccc(CC=C)cc2OC)c(OC)c1. The summed E-state index contributed by atoms with van der Waals surface area (Å²) in [5.41, 5.74) is 0.717. The van der Waals surface area contributed by atoms with Gasteiger partial charge in [0.25, 0.3) is 0 Å². The molecule has 0 aliphatic rings. The van der Waals surface area contributed by atoms with Gasteiger partial charge in [0.15, 0.2) is 0 Å². The van der Waals surface area contributed by atoms with E-state index in [1.807, 2.05) is 12.1 Å². The minimum absolute atomic E-state index is 0.487. The van der Waals surface area contributed by atoms with Crippen molar-refractivity contribution in [3.63, 3.8) is 0 Å². The molecule has 0 aromatic heterocycles. The first-order valence-corrected chi connectivity index (χ1v) is 10.0. The Labute approximate surface area is 186 Å². The summed E-state index contributed by atoms with van der Waals surface area (Å²) >= 11 is 12.5. The summed E-state index contributed by atoms with van der Waals surface area (Å²) in [6.07, 6.45) is 3.88. The van der Waals surface area contributed by atoms with Gasteiger partial charge < -0.3 is 18.9 Å². The summed E-state index contributed by atoms with van der Waals surface area (Å²) in [5, 5.41) is 0. The maximum absolute atomic E-state index is 12.2. The third-order valence-corrected chi connectivity index (χ3v) is 4.89. The molecule has 0 fully saturated rings. The van der Waals surface area contributed by atoms with E-state index in [9.17, 15) is 4.79 Å². The van der Waals surface area contributed by atoms with Crippen LogP contribution >= 0.6 is 23.2 Å². The lowest BCUT2D eigenvalue weighted by Crippen LogP contribution is -2.12. The standard InChI is InChI=1S/C23H24Cl2O5/c1-5-7-15-9-11-17(19(13-15)27-3)21(24)29-23(26)30-22(25)18-12-10-16(8-6-2)14-20(18)28-4/h5-6,9-14,21-22H,1-2,7-8H2,3-4H3. The molecule has 0 amide bonds. The van der Waals surface area contributed by atoms with Gasteiger partial charge in [0, 0.05) is 0 Å². The van der Waals surface area contributed by atoms with Crippen LogP contribution in [0.15, 0.2) is 61.7 Å². The molecule has 0 radical (unpaired) electrons.